The van der Waals surface area contributed by atoms with Gasteiger partial charge in [-0.15, -0.1) is 0 Å². The Hall–Kier alpha value is -4.85. The topological polar surface area (TPSA) is 154 Å². The third-order valence-electron chi connectivity index (χ3n) is 8.41. The van der Waals surface area contributed by atoms with Crippen molar-refractivity contribution < 1.29 is 38.2 Å². The number of methoxy groups -OCH3 is 1. The molecule has 2 N–H and O–H groups in total. The molecule has 3 amide bonds. The summed E-state index contributed by atoms with van der Waals surface area (Å²) in [5, 5.41) is 1.69. The molecule has 49 heavy (non-hydrogen) atoms. The van der Waals surface area contributed by atoms with Gasteiger partial charge >= 0.3 is 18.2 Å². The second-order valence-corrected chi connectivity index (χ2v) is 13.8. The van der Waals surface area contributed by atoms with Crippen LogP contribution in [0.5, 0.6) is 5.75 Å². The number of carbonyl (C=O) groups is 5. The minimum Gasteiger partial charge on any atom is -0.465 e. The number of alkyl halides is 1. The number of halogens is 1. The molecule has 1 atom stereocenters. The summed E-state index contributed by atoms with van der Waals surface area (Å²) in [5.74, 6) is -1.10. The van der Waals surface area contributed by atoms with Gasteiger partial charge < -0.3 is 38.9 Å². The standard InChI is InChI=1S/C35H40BrN5O8/c1-18-27(32(44)47-8)29-28-22(16-36)17-41(31(43)24-14-21-13-20(19(2)42)9-10-23(21)38-24)25(28)15-26(30(29)37-18)48-33(45)39(6)11-12-40(7)34(46)49-35(3,4)5/h9-10,13-15,22,37-38H,11-12,16-17H2,1-8H3/t22-/m1/s1. The highest BCUT2D eigenvalue weighted by Crippen LogP contribution is 2.48. The molecule has 0 radical (unpaired) electrons. The van der Waals surface area contributed by atoms with Gasteiger partial charge in [0.15, 0.2) is 11.5 Å². The number of rotatable bonds is 8. The fourth-order valence-corrected chi connectivity index (χ4v) is 6.42. The Bertz CT molecular complexity index is 1990. The van der Waals surface area contributed by atoms with Crippen molar-refractivity contribution >= 4 is 73.3 Å². The Labute approximate surface area is 291 Å². The van der Waals surface area contributed by atoms with E-state index in [0.29, 0.717) is 49.8 Å². The monoisotopic (exact) mass is 737 g/mol. The van der Waals surface area contributed by atoms with Gasteiger partial charge in [-0.1, -0.05) is 15.9 Å². The molecule has 0 saturated heterocycles. The summed E-state index contributed by atoms with van der Waals surface area (Å²) in [7, 11) is 4.41. The third kappa shape index (κ3) is 7.00. The highest BCUT2D eigenvalue weighted by molar-refractivity contribution is 9.09. The number of ether oxygens (including phenoxy) is 3. The third-order valence-corrected chi connectivity index (χ3v) is 9.19. The number of esters is 1. The highest BCUT2D eigenvalue weighted by Gasteiger charge is 2.38. The van der Waals surface area contributed by atoms with Crippen molar-refractivity contribution in [2.75, 3.05) is 51.1 Å². The number of hydrogen-bond acceptors (Lipinski definition) is 8. The van der Waals surface area contributed by atoms with E-state index >= 15 is 0 Å². The normalized spacial score (nSPS) is 14.1. The van der Waals surface area contributed by atoms with Crippen LogP contribution < -0.4 is 9.64 Å². The van der Waals surface area contributed by atoms with Crippen LogP contribution in [0.1, 0.15) is 76.1 Å². The van der Waals surface area contributed by atoms with E-state index in [1.54, 1.807) is 77.0 Å². The van der Waals surface area contributed by atoms with Crippen molar-refractivity contribution in [2.24, 2.45) is 0 Å². The number of nitrogens with zero attached hydrogens (tertiary/aromatic N) is 3. The van der Waals surface area contributed by atoms with Crippen LogP contribution in [0.2, 0.25) is 0 Å². The molecule has 0 aliphatic carbocycles. The summed E-state index contributed by atoms with van der Waals surface area (Å²) >= 11 is 3.60. The van der Waals surface area contributed by atoms with Gasteiger partial charge in [0.1, 0.15) is 11.3 Å². The number of Topliss-reactive ketones (excluding diaryl/α,β-unsaturated/α-hetero) is 1. The first-order valence-corrected chi connectivity index (χ1v) is 16.8. The van der Waals surface area contributed by atoms with Crippen LogP contribution in [0.25, 0.3) is 21.8 Å². The van der Waals surface area contributed by atoms with Gasteiger partial charge in [0.2, 0.25) is 0 Å². The molecule has 0 bridgehead atoms. The Morgan fingerprint density at radius 2 is 1.67 bits per heavy atom. The average Bonchev–Trinajstić information content (AvgIpc) is 3.74. The first-order chi connectivity index (χ1) is 23.0. The van der Waals surface area contributed by atoms with Crippen molar-refractivity contribution in [3.8, 4) is 5.75 Å². The molecule has 5 rings (SSSR count). The van der Waals surface area contributed by atoms with Crippen molar-refractivity contribution in [1.82, 2.24) is 19.8 Å². The second-order valence-electron chi connectivity index (χ2n) is 13.2. The van der Waals surface area contributed by atoms with E-state index in [1.165, 1.54) is 23.8 Å². The molecular formula is C35H40BrN5O8. The zero-order chi connectivity index (χ0) is 35.9. The lowest BCUT2D eigenvalue weighted by Crippen LogP contribution is -2.40. The highest BCUT2D eigenvalue weighted by atomic mass is 79.9. The molecule has 4 aromatic rings. The van der Waals surface area contributed by atoms with Gasteiger partial charge in [0, 0.05) is 78.6 Å². The molecule has 14 heteroatoms. The lowest BCUT2D eigenvalue weighted by molar-refractivity contribution is 0.0287. The maximum atomic E-state index is 14.2. The zero-order valence-corrected chi connectivity index (χ0v) is 30.4. The Kier molecular flexibility index (Phi) is 9.82. The Morgan fingerprint density at radius 3 is 2.29 bits per heavy atom. The van der Waals surface area contributed by atoms with Crippen LogP contribution in [0, 0.1) is 6.92 Å². The fraction of sp³-hybridized carbons (Fsp3) is 0.400. The number of ketones is 1. The molecule has 2 aromatic heterocycles. The number of nitrogens with one attached hydrogen (secondary N) is 2. The van der Waals surface area contributed by atoms with Crippen molar-refractivity contribution in [2.45, 2.75) is 46.1 Å². The predicted molar refractivity (Wildman–Crippen MR) is 188 cm³/mol. The molecule has 260 valence electrons. The van der Waals surface area contributed by atoms with Crippen LogP contribution in [0.4, 0.5) is 15.3 Å². The van der Waals surface area contributed by atoms with Crippen LogP contribution >= 0.6 is 15.9 Å². The van der Waals surface area contributed by atoms with Gasteiger partial charge in [0.05, 0.1) is 23.9 Å². The first kappa shape index (κ1) is 35.5. The van der Waals surface area contributed by atoms with Gasteiger partial charge in [0.25, 0.3) is 5.91 Å². The van der Waals surface area contributed by atoms with E-state index in [2.05, 4.69) is 25.9 Å². The number of anilines is 1. The first-order valence-electron chi connectivity index (χ1n) is 15.7. The Morgan fingerprint density at radius 1 is 1.00 bits per heavy atom. The van der Waals surface area contributed by atoms with Gasteiger partial charge in [-0.25, -0.2) is 14.4 Å². The SMILES string of the molecule is COC(=O)c1c(C)[nH]c2c(OC(=O)N(C)CCN(C)C(=O)OC(C)(C)C)cc3c(c12)[C@H](CBr)CN3C(=O)c1cc2cc(C(C)=O)ccc2[nH]1. The molecule has 13 nitrogen and oxygen atoms in total. The smallest absolute Gasteiger partial charge is 0.415 e. The molecule has 0 spiro atoms. The minimum atomic E-state index is -0.712. The van der Waals surface area contributed by atoms with Crippen molar-refractivity contribution in [3.63, 3.8) is 0 Å². The molecule has 1 aliphatic heterocycles. The summed E-state index contributed by atoms with van der Waals surface area (Å²) in [6.45, 7) is 9.13. The average molecular weight is 739 g/mol. The summed E-state index contributed by atoms with van der Waals surface area (Å²) in [4.78, 5) is 75.7. The van der Waals surface area contributed by atoms with Crippen molar-refractivity contribution in [3.05, 3.63) is 58.4 Å². The Balaban J connectivity index is 1.53. The number of amides is 3. The molecule has 1 aliphatic rings. The van der Waals surface area contributed by atoms with Crippen LogP contribution in [-0.4, -0.2) is 101 Å². The maximum Gasteiger partial charge on any atom is 0.415 e. The molecular weight excluding hydrogens is 698 g/mol. The van der Waals surface area contributed by atoms with Crippen LogP contribution in [0.15, 0.2) is 30.3 Å². The van der Waals surface area contributed by atoms with E-state index in [9.17, 15) is 24.0 Å². The molecule has 2 aromatic carbocycles. The number of fused-ring (bicyclic) bond motifs is 4. The molecule has 3 heterocycles. The zero-order valence-electron chi connectivity index (χ0n) is 28.8. The minimum absolute atomic E-state index is 0.0837. The number of likely N-dealkylation sites (N-methyl/N-ethyl adjacent to an activating group) is 2. The van der Waals surface area contributed by atoms with E-state index < -0.39 is 23.8 Å². The maximum absolute atomic E-state index is 14.2. The predicted octanol–water partition coefficient (Wildman–Crippen LogP) is 6.38. The number of benzene rings is 2. The summed E-state index contributed by atoms with van der Waals surface area (Å²) in [6.07, 6.45) is -1.23. The summed E-state index contributed by atoms with van der Waals surface area (Å²) in [6, 6.07) is 8.53. The largest absolute Gasteiger partial charge is 0.465 e. The number of aromatic nitrogens is 2. The molecule has 0 saturated carbocycles. The van der Waals surface area contributed by atoms with E-state index in [4.69, 9.17) is 14.2 Å². The van der Waals surface area contributed by atoms with Crippen LogP contribution in [-0.2, 0) is 9.47 Å². The lowest BCUT2D eigenvalue weighted by Gasteiger charge is -2.26. The van der Waals surface area contributed by atoms with E-state index in [-0.39, 0.29) is 48.6 Å². The van der Waals surface area contributed by atoms with Crippen molar-refractivity contribution in [1.29, 1.82) is 0 Å². The quantitative estimate of drug-likeness (QED) is 0.120. The lowest BCUT2D eigenvalue weighted by atomic mass is 9.95. The number of hydrogen-bond donors (Lipinski definition) is 2. The number of H-pyrrole nitrogens is 2. The number of carbonyl (C=O) groups excluding carboxylic acids is 5. The van der Waals surface area contributed by atoms with Gasteiger partial charge in [-0.3, -0.25) is 9.59 Å². The summed E-state index contributed by atoms with van der Waals surface area (Å²) in [5.41, 5.74) is 3.28. The number of aromatic amines is 2. The molecule has 0 fully saturated rings. The van der Waals surface area contributed by atoms with Gasteiger partial charge in [-0.05, 0) is 64.4 Å². The second kappa shape index (κ2) is 13.6. The van der Waals surface area contributed by atoms with E-state index in [1.807, 2.05) is 0 Å². The number of aryl methyl sites for hydroxylation is 1. The fourth-order valence-electron chi connectivity index (χ4n) is 5.89. The van der Waals surface area contributed by atoms with E-state index in [0.717, 1.165) is 5.56 Å². The van der Waals surface area contributed by atoms with Gasteiger partial charge in [-0.2, -0.15) is 0 Å². The van der Waals surface area contributed by atoms with Crippen LogP contribution in [0.3, 0.4) is 0 Å². The molecule has 0 unspecified atom stereocenters. The summed E-state index contributed by atoms with van der Waals surface area (Å²) < 4.78 is 16.5.